The molecule has 128 valence electrons. The lowest BCUT2D eigenvalue weighted by Crippen LogP contribution is -2.31. The van der Waals surface area contributed by atoms with Gasteiger partial charge in [-0.1, -0.05) is 48.0 Å². The second-order valence-electron chi connectivity index (χ2n) is 6.32. The number of carboxylic acid groups (broad SMARTS) is 1. The maximum absolute atomic E-state index is 12.8. The minimum absolute atomic E-state index is 0.182. The molecule has 0 aliphatic carbocycles. The summed E-state index contributed by atoms with van der Waals surface area (Å²) in [5.74, 6) is -1.93. The Bertz CT molecular complexity index is 826. The third-order valence-corrected chi connectivity index (χ3v) is 4.54. The smallest absolute Gasteiger partial charge is 0.308 e. The van der Waals surface area contributed by atoms with E-state index < -0.39 is 11.9 Å². The van der Waals surface area contributed by atoms with E-state index in [1.807, 2.05) is 19.1 Å². The van der Waals surface area contributed by atoms with Gasteiger partial charge in [0.05, 0.1) is 11.5 Å². The molecule has 3 rings (SSSR count). The van der Waals surface area contributed by atoms with E-state index in [1.54, 1.807) is 36.4 Å². The van der Waals surface area contributed by atoms with E-state index in [1.165, 1.54) is 4.90 Å². The van der Waals surface area contributed by atoms with Gasteiger partial charge in [0.15, 0.2) is 5.78 Å². The molecule has 2 aromatic rings. The molecule has 1 fully saturated rings. The number of benzene rings is 2. The Hall–Kier alpha value is -2.95. The number of rotatable bonds is 4. The Morgan fingerprint density at radius 3 is 2.24 bits per heavy atom. The number of nitrogens with zero attached hydrogens (tertiary/aromatic N) is 1. The highest BCUT2D eigenvalue weighted by atomic mass is 16.4. The fraction of sp³-hybridized carbons (Fsp3) is 0.250. The van der Waals surface area contributed by atoms with Gasteiger partial charge in [-0.05, 0) is 19.4 Å². The molecule has 0 spiro atoms. The summed E-state index contributed by atoms with van der Waals surface area (Å²) in [7, 11) is 0. The maximum atomic E-state index is 12.8. The average molecular weight is 337 g/mol. The second-order valence-corrected chi connectivity index (χ2v) is 6.32. The van der Waals surface area contributed by atoms with Crippen LogP contribution in [-0.2, 0) is 4.79 Å². The van der Waals surface area contributed by atoms with Crippen LogP contribution in [0.2, 0.25) is 0 Å². The molecule has 0 saturated carbocycles. The van der Waals surface area contributed by atoms with Gasteiger partial charge in [-0.3, -0.25) is 14.4 Å². The molecule has 1 amide bonds. The zero-order valence-electron chi connectivity index (χ0n) is 13.9. The van der Waals surface area contributed by atoms with E-state index in [0.29, 0.717) is 29.7 Å². The molecule has 0 unspecified atom stereocenters. The van der Waals surface area contributed by atoms with Crippen molar-refractivity contribution in [1.29, 1.82) is 0 Å². The van der Waals surface area contributed by atoms with Crippen LogP contribution in [0.15, 0.2) is 48.5 Å². The monoisotopic (exact) mass is 337 g/mol. The Balaban J connectivity index is 1.88. The van der Waals surface area contributed by atoms with Crippen LogP contribution < -0.4 is 0 Å². The number of aryl methyl sites for hydroxylation is 1. The molecule has 2 aromatic carbocycles. The minimum atomic E-state index is -0.890. The van der Waals surface area contributed by atoms with Gasteiger partial charge in [-0.15, -0.1) is 0 Å². The molecule has 25 heavy (non-hydrogen) atoms. The number of aliphatic carboxylic acids is 1. The predicted molar refractivity (Wildman–Crippen MR) is 92.7 cm³/mol. The lowest BCUT2D eigenvalue weighted by Gasteiger charge is -2.17. The van der Waals surface area contributed by atoms with Crippen molar-refractivity contribution in [3.8, 4) is 0 Å². The van der Waals surface area contributed by atoms with Crippen LogP contribution in [0.4, 0.5) is 0 Å². The van der Waals surface area contributed by atoms with Crippen molar-refractivity contribution in [2.24, 2.45) is 5.92 Å². The van der Waals surface area contributed by atoms with Crippen LogP contribution in [0, 0.1) is 12.8 Å². The van der Waals surface area contributed by atoms with Crippen LogP contribution in [0.1, 0.15) is 38.3 Å². The van der Waals surface area contributed by atoms with Crippen LogP contribution in [0.25, 0.3) is 0 Å². The van der Waals surface area contributed by atoms with Crippen molar-refractivity contribution in [3.63, 3.8) is 0 Å². The van der Waals surface area contributed by atoms with E-state index in [0.717, 1.165) is 5.56 Å². The van der Waals surface area contributed by atoms with Crippen molar-refractivity contribution < 1.29 is 19.5 Å². The quantitative estimate of drug-likeness (QED) is 0.871. The summed E-state index contributed by atoms with van der Waals surface area (Å²) in [5, 5.41) is 9.11. The summed E-state index contributed by atoms with van der Waals surface area (Å²) in [4.78, 5) is 38.2. The van der Waals surface area contributed by atoms with Gasteiger partial charge in [0, 0.05) is 24.2 Å². The molecule has 1 aliphatic rings. The maximum Gasteiger partial charge on any atom is 0.308 e. The zero-order chi connectivity index (χ0) is 18.0. The topological polar surface area (TPSA) is 74.7 Å². The Labute approximate surface area is 145 Å². The minimum Gasteiger partial charge on any atom is -0.481 e. The molecule has 1 aliphatic heterocycles. The molecule has 5 heteroatoms. The first-order valence-electron chi connectivity index (χ1n) is 8.20. The van der Waals surface area contributed by atoms with Crippen molar-refractivity contribution in [2.45, 2.75) is 13.3 Å². The summed E-state index contributed by atoms with van der Waals surface area (Å²) in [6, 6.07) is 13.9. The summed E-state index contributed by atoms with van der Waals surface area (Å²) in [6.45, 7) is 2.52. The molecule has 0 aromatic heterocycles. The first-order chi connectivity index (χ1) is 12.0. The number of carboxylic acids is 1. The number of carbonyl (C=O) groups is 3. The number of carbonyl (C=O) groups excluding carboxylic acids is 2. The third kappa shape index (κ3) is 3.45. The number of hydrogen-bond donors (Lipinski definition) is 1. The predicted octanol–water partition coefficient (Wildman–Crippen LogP) is 2.77. The number of ketones is 1. The lowest BCUT2D eigenvalue weighted by atomic mass is 9.97. The first kappa shape index (κ1) is 16.9. The number of hydrogen-bond acceptors (Lipinski definition) is 3. The molecule has 0 radical (unpaired) electrons. The lowest BCUT2D eigenvalue weighted by molar-refractivity contribution is -0.141. The fourth-order valence-corrected chi connectivity index (χ4v) is 3.04. The summed E-state index contributed by atoms with van der Waals surface area (Å²) in [5.41, 5.74) is 2.24. The molecular weight excluding hydrogens is 318 g/mol. The normalized spacial score (nSPS) is 16.7. The van der Waals surface area contributed by atoms with Crippen LogP contribution in [0.5, 0.6) is 0 Å². The Morgan fingerprint density at radius 1 is 1.00 bits per heavy atom. The van der Waals surface area contributed by atoms with Gasteiger partial charge >= 0.3 is 5.97 Å². The molecule has 5 nitrogen and oxygen atoms in total. The number of amides is 1. The van der Waals surface area contributed by atoms with Gasteiger partial charge in [0.1, 0.15) is 0 Å². The number of likely N-dealkylation sites (tertiary alicyclic amines) is 1. The molecule has 0 bridgehead atoms. The standard InChI is InChI=1S/C20H19NO4/c1-13-6-8-14(9-7-13)18(22)16-4-2-3-5-17(16)19(23)21-11-10-15(12-21)20(24)25/h2-9,15H,10-12H2,1H3,(H,24,25)/t15-/m0/s1. The average Bonchev–Trinajstić information content (AvgIpc) is 3.11. The Morgan fingerprint density at radius 2 is 1.64 bits per heavy atom. The van der Waals surface area contributed by atoms with Crippen molar-refractivity contribution in [1.82, 2.24) is 4.90 Å². The van der Waals surface area contributed by atoms with Crippen LogP contribution >= 0.6 is 0 Å². The van der Waals surface area contributed by atoms with E-state index in [2.05, 4.69) is 0 Å². The van der Waals surface area contributed by atoms with Gasteiger partial charge in [-0.2, -0.15) is 0 Å². The van der Waals surface area contributed by atoms with Gasteiger partial charge in [-0.25, -0.2) is 0 Å². The van der Waals surface area contributed by atoms with E-state index >= 15 is 0 Å². The summed E-state index contributed by atoms with van der Waals surface area (Å²) < 4.78 is 0. The highest BCUT2D eigenvalue weighted by Crippen LogP contribution is 2.22. The van der Waals surface area contributed by atoms with Gasteiger partial charge < -0.3 is 10.0 Å². The van der Waals surface area contributed by atoms with Crippen molar-refractivity contribution in [2.75, 3.05) is 13.1 Å². The second kappa shape index (κ2) is 6.89. The zero-order valence-corrected chi connectivity index (χ0v) is 13.9. The molecular formula is C20H19NO4. The molecule has 1 heterocycles. The van der Waals surface area contributed by atoms with Crippen molar-refractivity contribution in [3.05, 3.63) is 70.8 Å². The summed E-state index contributed by atoms with van der Waals surface area (Å²) >= 11 is 0. The van der Waals surface area contributed by atoms with Gasteiger partial charge in [0.2, 0.25) is 0 Å². The molecule has 1 N–H and O–H groups in total. The Kier molecular flexibility index (Phi) is 4.65. The van der Waals surface area contributed by atoms with Crippen molar-refractivity contribution >= 4 is 17.7 Å². The van der Waals surface area contributed by atoms with E-state index in [-0.39, 0.29) is 18.2 Å². The molecule has 1 atom stereocenters. The van der Waals surface area contributed by atoms with E-state index in [4.69, 9.17) is 5.11 Å². The first-order valence-corrected chi connectivity index (χ1v) is 8.20. The third-order valence-electron chi connectivity index (χ3n) is 4.54. The van der Waals surface area contributed by atoms with E-state index in [9.17, 15) is 14.4 Å². The highest BCUT2D eigenvalue weighted by molar-refractivity contribution is 6.15. The fourth-order valence-electron chi connectivity index (χ4n) is 3.04. The summed E-state index contributed by atoms with van der Waals surface area (Å²) in [6.07, 6.45) is 0.440. The van der Waals surface area contributed by atoms with Crippen LogP contribution in [0.3, 0.4) is 0 Å². The van der Waals surface area contributed by atoms with Gasteiger partial charge in [0.25, 0.3) is 5.91 Å². The highest BCUT2D eigenvalue weighted by Gasteiger charge is 2.32. The van der Waals surface area contributed by atoms with Crippen LogP contribution in [-0.4, -0.2) is 40.8 Å². The largest absolute Gasteiger partial charge is 0.481 e. The SMILES string of the molecule is Cc1ccc(C(=O)c2ccccc2C(=O)N2CC[C@H](C(=O)O)C2)cc1. The molecule has 1 saturated heterocycles.